The number of carbonyl (C=O) groups is 1. The molecule has 4 heteroatoms. The molecule has 1 atom stereocenters. The van der Waals surface area contributed by atoms with Crippen LogP contribution in [-0.4, -0.2) is 29.7 Å². The molecule has 94 valence electrons. The van der Waals surface area contributed by atoms with E-state index in [1.807, 2.05) is 32.0 Å². The summed E-state index contributed by atoms with van der Waals surface area (Å²) in [7, 11) is 0. The van der Waals surface area contributed by atoms with Crippen molar-refractivity contribution < 1.29 is 9.90 Å². The molecule has 17 heavy (non-hydrogen) atoms. The number of nitrogens with one attached hydrogen (secondary N) is 2. The summed E-state index contributed by atoms with van der Waals surface area (Å²) in [5, 5.41) is 14.9. The second-order valence-electron chi connectivity index (χ2n) is 4.40. The fourth-order valence-electron chi connectivity index (χ4n) is 1.47. The quantitative estimate of drug-likeness (QED) is 0.728. The van der Waals surface area contributed by atoms with Crippen LogP contribution in [0.25, 0.3) is 0 Å². The number of anilines is 1. The maximum atomic E-state index is 12.0. The molecule has 4 nitrogen and oxygen atoms in total. The second kappa shape index (κ2) is 6.25. The number of carbonyl (C=O) groups excluding carboxylic acids is 1. The predicted molar refractivity (Wildman–Crippen MR) is 69.2 cm³/mol. The topological polar surface area (TPSA) is 61.4 Å². The Kier molecular flexibility index (Phi) is 4.97. The largest absolute Gasteiger partial charge is 0.394 e. The second-order valence-corrected chi connectivity index (χ2v) is 4.40. The summed E-state index contributed by atoms with van der Waals surface area (Å²) in [5.74, 6) is -0.171. The van der Waals surface area contributed by atoms with Crippen LogP contribution in [0.5, 0.6) is 0 Å². The first-order chi connectivity index (χ1) is 8.04. The molecule has 0 spiro atoms. The highest BCUT2D eigenvalue weighted by Gasteiger charge is 2.13. The molecule has 1 amide bonds. The van der Waals surface area contributed by atoms with E-state index in [-0.39, 0.29) is 24.6 Å². The molecule has 1 aromatic carbocycles. The predicted octanol–water partition coefficient (Wildman–Crippen LogP) is 1.62. The average molecular weight is 236 g/mol. The van der Waals surface area contributed by atoms with E-state index in [9.17, 15) is 4.79 Å². The SMILES string of the molecule is CC(C)Nc1ccccc1C(=O)N[C@@H](C)CO. The third-order valence-electron chi connectivity index (χ3n) is 2.27. The Morgan fingerprint density at radius 1 is 1.29 bits per heavy atom. The van der Waals surface area contributed by atoms with Crippen LogP contribution in [0.4, 0.5) is 5.69 Å². The van der Waals surface area contributed by atoms with Crippen LogP contribution in [0.3, 0.4) is 0 Å². The van der Waals surface area contributed by atoms with Crippen molar-refractivity contribution in [1.29, 1.82) is 0 Å². The van der Waals surface area contributed by atoms with Crippen molar-refractivity contribution in [3.63, 3.8) is 0 Å². The zero-order valence-electron chi connectivity index (χ0n) is 10.5. The molecule has 0 aromatic heterocycles. The highest BCUT2D eigenvalue weighted by Crippen LogP contribution is 2.16. The molecule has 3 N–H and O–H groups in total. The van der Waals surface area contributed by atoms with Gasteiger partial charge in [0.05, 0.1) is 12.2 Å². The van der Waals surface area contributed by atoms with Gasteiger partial charge in [-0.2, -0.15) is 0 Å². The molecule has 0 radical (unpaired) electrons. The number of benzene rings is 1. The van der Waals surface area contributed by atoms with Gasteiger partial charge in [0.25, 0.3) is 5.91 Å². The van der Waals surface area contributed by atoms with E-state index in [0.29, 0.717) is 5.56 Å². The number of para-hydroxylation sites is 1. The van der Waals surface area contributed by atoms with Crippen molar-refractivity contribution in [1.82, 2.24) is 5.32 Å². The van der Waals surface area contributed by atoms with Crippen molar-refractivity contribution in [3.8, 4) is 0 Å². The van der Waals surface area contributed by atoms with Gasteiger partial charge in [-0.3, -0.25) is 4.79 Å². The summed E-state index contributed by atoms with van der Waals surface area (Å²) in [4.78, 5) is 12.0. The van der Waals surface area contributed by atoms with Gasteiger partial charge in [0, 0.05) is 17.8 Å². The number of amides is 1. The number of aliphatic hydroxyl groups is 1. The molecule has 1 rings (SSSR count). The van der Waals surface area contributed by atoms with Crippen LogP contribution in [-0.2, 0) is 0 Å². The normalized spacial score (nSPS) is 12.3. The van der Waals surface area contributed by atoms with Crippen LogP contribution < -0.4 is 10.6 Å². The lowest BCUT2D eigenvalue weighted by molar-refractivity contribution is 0.0923. The van der Waals surface area contributed by atoms with Gasteiger partial charge in [0.2, 0.25) is 0 Å². The molecular formula is C13H20N2O2. The van der Waals surface area contributed by atoms with E-state index >= 15 is 0 Å². The Hall–Kier alpha value is -1.55. The molecule has 1 aromatic rings. The van der Waals surface area contributed by atoms with Crippen LogP contribution in [0.1, 0.15) is 31.1 Å². The summed E-state index contributed by atoms with van der Waals surface area (Å²) in [5.41, 5.74) is 1.41. The third-order valence-corrected chi connectivity index (χ3v) is 2.27. The Balaban J connectivity index is 2.85. The van der Waals surface area contributed by atoms with Crippen molar-refractivity contribution in [3.05, 3.63) is 29.8 Å². The summed E-state index contributed by atoms with van der Waals surface area (Å²) in [6.45, 7) is 5.73. The third kappa shape index (κ3) is 4.07. The van der Waals surface area contributed by atoms with Crippen LogP contribution >= 0.6 is 0 Å². The van der Waals surface area contributed by atoms with Gasteiger partial charge < -0.3 is 15.7 Å². The first kappa shape index (κ1) is 13.5. The Labute approximate surface area is 102 Å². The fourth-order valence-corrected chi connectivity index (χ4v) is 1.47. The van der Waals surface area contributed by atoms with E-state index in [1.165, 1.54) is 0 Å². The minimum absolute atomic E-state index is 0.0640. The van der Waals surface area contributed by atoms with Gasteiger partial charge in [-0.05, 0) is 32.9 Å². The Morgan fingerprint density at radius 3 is 2.53 bits per heavy atom. The summed E-state index contributed by atoms with van der Waals surface area (Å²) in [6, 6.07) is 7.37. The lowest BCUT2D eigenvalue weighted by Crippen LogP contribution is -2.35. The van der Waals surface area contributed by atoms with Gasteiger partial charge in [-0.1, -0.05) is 12.1 Å². The number of aliphatic hydroxyl groups excluding tert-OH is 1. The van der Waals surface area contributed by atoms with E-state index in [0.717, 1.165) is 5.69 Å². The molecular weight excluding hydrogens is 216 g/mol. The zero-order chi connectivity index (χ0) is 12.8. The lowest BCUT2D eigenvalue weighted by Gasteiger charge is -2.16. The first-order valence-electron chi connectivity index (χ1n) is 5.82. The van der Waals surface area contributed by atoms with Crippen LogP contribution in [0.2, 0.25) is 0 Å². The minimum atomic E-state index is -0.241. The summed E-state index contributed by atoms with van der Waals surface area (Å²) >= 11 is 0. The molecule has 0 unspecified atom stereocenters. The van der Waals surface area contributed by atoms with Crippen LogP contribution in [0, 0.1) is 0 Å². The number of hydrogen-bond donors (Lipinski definition) is 3. The molecule has 0 aliphatic carbocycles. The summed E-state index contributed by atoms with van der Waals surface area (Å²) in [6.07, 6.45) is 0. The number of hydrogen-bond acceptors (Lipinski definition) is 3. The molecule has 0 saturated carbocycles. The van der Waals surface area contributed by atoms with E-state index in [2.05, 4.69) is 10.6 Å². The highest BCUT2D eigenvalue weighted by atomic mass is 16.3. The molecule has 0 saturated heterocycles. The van der Waals surface area contributed by atoms with Crippen molar-refractivity contribution in [2.75, 3.05) is 11.9 Å². The van der Waals surface area contributed by atoms with Crippen molar-refractivity contribution in [2.45, 2.75) is 32.9 Å². The zero-order valence-corrected chi connectivity index (χ0v) is 10.5. The van der Waals surface area contributed by atoms with Gasteiger partial charge in [0.15, 0.2) is 0 Å². The monoisotopic (exact) mass is 236 g/mol. The maximum Gasteiger partial charge on any atom is 0.253 e. The Morgan fingerprint density at radius 2 is 1.94 bits per heavy atom. The lowest BCUT2D eigenvalue weighted by atomic mass is 10.1. The number of rotatable bonds is 5. The highest BCUT2D eigenvalue weighted by molar-refractivity contribution is 5.99. The maximum absolute atomic E-state index is 12.0. The average Bonchev–Trinajstić information content (AvgIpc) is 2.28. The Bertz CT molecular complexity index is 377. The minimum Gasteiger partial charge on any atom is -0.394 e. The van der Waals surface area contributed by atoms with Crippen molar-refractivity contribution >= 4 is 11.6 Å². The van der Waals surface area contributed by atoms with Crippen molar-refractivity contribution in [2.24, 2.45) is 0 Å². The van der Waals surface area contributed by atoms with Gasteiger partial charge in [-0.15, -0.1) is 0 Å². The molecule has 0 aliphatic rings. The smallest absolute Gasteiger partial charge is 0.253 e. The van der Waals surface area contributed by atoms with Gasteiger partial charge >= 0.3 is 0 Å². The van der Waals surface area contributed by atoms with Gasteiger partial charge in [-0.25, -0.2) is 0 Å². The summed E-state index contributed by atoms with van der Waals surface area (Å²) < 4.78 is 0. The molecule has 0 bridgehead atoms. The standard InChI is InChI=1S/C13H20N2O2/c1-9(2)14-12-7-5-4-6-11(12)13(17)15-10(3)8-16/h4-7,9-10,14,16H,8H2,1-3H3,(H,15,17)/t10-/m0/s1. The molecule has 0 heterocycles. The molecule has 0 aliphatic heterocycles. The fraction of sp³-hybridized carbons (Fsp3) is 0.462. The van der Waals surface area contributed by atoms with Gasteiger partial charge in [0.1, 0.15) is 0 Å². The first-order valence-corrected chi connectivity index (χ1v) is 5.82. The van der Waals surface area contributed by atoms with E-state index in [1.54, 1.807) is 13.0 Å². The van der Waals surface area contributed by atoms with Crippen LogP contribution in [0.15, 0.2) is 24.3 Å². The van der Waals surface area contributed by atoms with E-state index in [4.69, 9.17) is 5.11 Å². The molecule has 0 fully saturated rings. The van der Waals surface area contributed by atoms with E-state index < -0.39 is 0 Å².